The first-order valence-corrected chi connectivity index (χ1v) is 19.7. The van der Waals surface area contributed by atoms with Crippen LogP contribution in [0.25, 0.3) is 0 Å². The molecule has 0 heterocycles. The predicted octanol–water partition coefficient (Wildman–Crippen LogP) is 12.9. The number of carbonyl (C=O) groups excluding carboxylic acids is 1. The normalized spacial score (nSPS) is 9.84. The highest BCUT2D eigenvalue weighted by Crippen LogP contribution is 2.14. The van der Waals surface area contributed by atoms with E-state index in [2.05, 4.69) is 43.8 Å². The molecule has 0 aromatic rings. The number of carboxylic acids is 1. The van der Waals surface area contributed by atoms with Crippen molar-refractivity contribution in [1.82, 2.24) is 0 Å². The molecule has 0 saturated carbocycles. The quantitative estimate of drug-likeness (QED) is 0.0336. The van der Waals surface area contributed by atoms with Crippen LogP contribution in [0.4, 0.5) is 0 Å². The Kier molecular flexibility index (Phi) is 58.7. The van der Waals surface area contributed by atoms with Crippen LogP contribution in [-0.2, 0) is 14.3 Å². The SMILES string of the molecule is CCC(=O)O.CCC(=O)OC#N.CCCCCCCCCCCCCCCCCCS.CCCCCCCCCCCCS. The Hall–Kier alpha value is -0.870. The van der Waals surface area contributed by atoms with E-state index < -0.39 is 11.9 Å². The predicted molar refractivity (Wildman–Crippen MR) is 199 cm³/mol. The zero-order valence-corrected chi connectivity index (χ0v) is 31.5. The van der Waals surface area contributed by atoms with Gasteiger partial charge in [-0.15, -0.1) is 5.26 Å². The molecule has 0 radical (unpaired) electrons. The summed E-state index contributed by atoms with van der Waals surface area (Å²) < 4.78 is 3.86. The molecule has 0 saturated heterocycles. The largest absolute Gasteiger partial charge is 0.481 e. The molecule has 0 rings (SSSR count). The van der Waals surface area contributed by atoms with E-state index in [0.717, 1.165) is 11.5 Å². The first-order valence-electron chi connectivity index (χ1n) is 18.4. The summed E-state index contributed by atoms with van der Waals surface area (Å²) in [5, 5.41) is 15.4. The summed E-state index contributed by atoms with van der Waals surface area (Å²) in [6.07, 6.45) is 39.0. The average Bonchev–Trinajstić information content (AvgIpc) is 3.03. The van der Waals surface area contributed by atoms with Gasteiger partial charge in [0.15, 0.2) is 0 Å². The maximum absolute atomic E-state index is 9.97. The topological polar surface area (TPSA) is 87.4 Å². The Balaban J connectivity index is -0.000000274. The first kappa shape index (κ1) is 50.0. The lowest BCUT2D eigenvalue weighted by Gasteiger charge is -2.03. The van der Waals surface area contributed by atoms with Crippen molar-refractivity contribution in [2.45, 2.75) is 207 Å². The molecule has 0 atom stereocenters. The van der Waals surface area contributed by atoms with Crippen LogP contribution in [0.5, 0.6) is 0 Å². The van der Waals surface area contributed by atoms with E-state index in [1.807, 2.05) is 0 Å². The molecule has 0 aliphatic heterocycles. The van der Waals surface area contributed by atoms with Gasteiger partial charge in [0.2, 0.25) is 0 Å². The van der Waals surface area contributed by atoms with Gasteiger partial charge in [-0.25, -0.2) is 0 Å². The molecule has 0 aliphatic carbocycles. The van der Waals surface area contributed by atoms with E-state index in [-0.39, 0.29) is 12.8 Å². The lowest BCUT2D eigenvalue weighted by Crippen LogP contribution is -1.94. The summed E-state index contributed by atoms with van der Waals surface area (Å²) in [7, 11) is 0. The number of ether oxygens (including phenoxy) is 1. The third-order valence-corrected chi connectivity index (χ3v) is 7.91. The molecule has 1 N–H and O–H groups in total. The fourth-order valence-electron chi connectivity index (χ4n) is 4.38. The first-order chi connectivity index (χ1) is 21.4. The average molecular weight is 662 g/mol. The molecule has 0 amide bonds. The number of nitriles is 1. The van der Waals surface area contributed by atoms with Crippen molar-refractivity contribution in [3.8, 4) is 6.26 Å². The number of thiol groups is 2. The molecule has 44 heavy (non-hydrogen) atoms. The molecule has 0 unspecified atom stereocenters. The van der Waals surface area contributed by atoms with Crippen molar-refractivity contribution >= 4 is 37.2 Å². The zero-order chi connectivity index (χ0) is 33.8. The molecule has 0 spiro atoms. The molecule has 264 valence electrons. The van der Waals surface area contributed by atoms with Gasteiger partial charge in [0.25, 0.3) is 6.26 Å². The molecular weight excluding hydrogens is 587 g/mol. The zero-order valence-electron chi connectivity index (χ0n) is 29.7. The van der Waals surface area contributed by atoms with Crippen LogP contribution >= 0.6 is 25.3 Å². The Morgan fingerprint density at radius 3 is 0.864 bits per heavy atom. The number of hydrogen-bond donors (Lipinski definition) is 3. The smallest absolute Gasteiger partial charge is 0.321 e. The number of esters is 1. The Bertz CT molecular complexity index is 544. The lowest BCUT2D eigenvalue weighted by molar-refractivity contribution is -0.137. The Labute approximate surface area is 286 Å². The van der Waals surface area contributed by atoms with E-state index in [9.17, 15) is 9.59 Å². The summed E-state index contributed by atoms with van der Waals surface area (Å²) >= 11 is 8.45. The number of aliphatic carboxylic acids is 1. The second-order valence-corrected chi connectivity index (χ2v) is 12.5. The van der Waals surface area contributed by atoms with Crippen molar-refractivity contribution in [1.29, 1.82) is 5.26 Å². The van der Waals surface area contributed by atoms with E-state index in [4.69, 9.17) is 10.4 Å². The van der Waals surface area contributed by atoms with Crippen LogP contribution < -0.4 is 0 Å². The summed E-state index contributed by atoms with van der Waals surface area (Å²) in [6, 6.07) is 0. The van der Waals surface area contributed by atoms with Crippen molar-refractivity contribution in [2.24, 2.45) is 0 Å². The van der Waals surface area contributed by atoms with Crippen molar-refractivity contribution in [3.05, 3.63) is 0 Å². The van der Waals surface area contributed by atoms with Crippen LogP contribution in [0.3, 0.4) is 0 Å². The maximum Gasteiger partial charge on any atom is 0.321 e. The van der Waals surface area contributed by atoms with Gasteiger partial charge in [0, 0.05) is 12.8 Å². The van der Waals surface area contributed by atoms with Gasteiger partial charge >= 0.3 is 11.9 Å². The van der Waals surface area contributed by atoms with Gasteiger partial charge in [-0.05, 0) is 24.3 Å². The highest BCUT2D eigenvalue weighted by Gasteiger charge is 1.95. The number of carbonyl (C=O) groups is 2. The van der Waals surface area contributed by atoms with Gasteiger partial charge in [0.05, 0.1) is 0 Å². The minimum atomic E-state index is -0.745. The van der Waals surface area contributed by atoms with Crippen molar-refractivity contribution in [2.75, 3.05) is 11.5 Å². The molecule has 0 aromatic carbocycles. The summed E-state index contributed by atoms with van der Waals surface area (Å²) in [4.78, 5) is 19.3. The standard InChI is InChI=1S/C18H38S.C12H26S.C4H5NO2.C3H6O2/c1-2-3-4-5-6-7-8-9-10-11-12-13-14-15-16-17-18-19;1-2-3-4-5-6-7-8-9-10-11-12-13;1-2-4(6)7-3-5;1-2-3(4)5/h19H,2-18H2,1H3;13H,2-12H2,1H3;2H2,1H3;2H2,1H3,(H,4,5). The van der Waals surface area contributed by atoms with Crippen molar-refractivity contribution < 1.29 is 19.4 Å². The highest BCUT2D eigenvalue weighted by molar-refractivity contribution is 7.80. The fourth-order valence-corrected chi connectivity index (χ4v) is 4.83. The summed E-state index contributed by atoms with van der Waals surface area (Å²) in [5.74, 6) is 0.905. The number of hydrogen-bond acceptors (Lipinski definition) is 6. The van der Waals surface area contributed by atoms with Crippen LogP contribution in [-0.4, -0.2) is 28.6 Å². The van der Waals surface area contributed by atoms with Gasteiger partial charge in [-0.1, -0.05) is 182 Å². The summed E-state index contributed by atoms with van der Waals surface area (Å²) in [5.41, 5.74) is 0. The number of rotatable bonds is 28. The van der Waals surface area contributed by atoms with Gasteiger partial charge in [0.1, 0.15) is 0 Å². The molecule has 0 aliphatic rings. The van der Waals surface area contributed by atoms with Crippen LogP contribution in [0.15, 0.2) is 0 Å². The van der Waals surface area contributed by atoms with Gasteiger partial charge in [-0.2, -0.15) is 25.3 Å². The number of nitrogens with zero attached hydrogens (tertiary/aromatic N) is 1. The second kappa shape index (κ2) is 51.7. The van der Waals surface area contributed by atoms with Gasteiger partial charge in [-0.3, -0.25) is 9.59 Å². The van der Waals surface area contributed by atoms with E-state index >= 15 is 0 Å². The monoisotopic (exact) mass is 662 g/mol. The van der Waals surface area contributed by atoms with E-state index in [0.29, 0.717) is 0 Å². The summed E-state index contributed by atoms with van der Waals surface area (Å²) in [6.45, 7) is 7.79. The minimum absolute atomic E-state index is 0.222. The third kappa shape index (κ3) is 64.2. The molecular formula is C37H75NO4S2. The van der Waals surface area contributed by atoms with Crippen molar-refractivity contribution in [3.63, 3.8) is 0 Å². The number of carboxylic acid groups (broad SMARTS) is 1. The lowest BCUT2D eigenvalue weighted by atomic mass is 10.0. The molecule has 0 fully saturated rings. The van der Waals surface area contributed by atoms with E-state index in [1.54, 1.807) is 13.8 Å². The van der Waals surface area contributed by atoms with Crippen LogP contribution in [0, 0.1) is 11.5 Å². The molecule has 0 aromatic heterocycles. The second-order valence-electron chi connectivity index (χ2n) is 11.6. The minimum Gasteiger partial charge on any atom is -0.481 e. The maximum atomic E-state index is 9.97. The van der Waals surface area contributed by atoms with Crippen LogP contribution in [0.1, 0.15) is 207 Å². The van der Waals surface area contributed by atoms with E-state index in [1.165, 1.54) is 173 Å². The number of unbranched alkanes of at least 4 members (excludes halogenated alkanes) is 24. The fraction of sp³-hybridized carbons (Fsp3) is 0.919. The third-order valence-electron chi connectivity index (χ3n) is 7.27. The molecule has 0 bridgehead atoms. The molecule has 5 nitrogen and oxygen atoms in total. The van der Waals surface area contributed by atoms with Crippen LogP contribution in [0.2, 0.25) is 0 Å². The van der Waals surface area contributed by atoms with Gasteiger partial charge < -0.3 is 9.84 Å². The Morgan fingerprint density at radius 2 is 0.727 bits per heavy atom. The Morgan fingerprint density at radius 1 is 0.500 bits per heavy atom. The molecule has 7 heteroatoms. The highest BCUT2D eigenvalue weighted by atomic mass is 32.1.